The van der Waals surface area contributed by atoms with Crippen molar-refractivity contribution in [1.82, 2.24) is 4.90 Å². The fraction of sp³-hybridized carbons (Fsp3) is 0.533. The SMILES string of the molecule is CC1CCN(CCCC(=O)Nc2ccc(N)cc2Cl)C1. The van der Waals surface area contributed by atoms with Gasteiger partial charge in [0.25, 0.3) is 0 Å². The molecule has 2 rings (SSSR count). The summed E-state index contributed by atoms with van der Waals surface area (Å²) in [6.45, 7) is 5.58. The van der Waals surface area contributed by atoms with Gasteiger partial charge in [0.1, 0.15) is 0 Å². The van der Waals surface area contributed by atoms with Gasteiger partial charge < -0.3 is 16.0 Å². The van der Waals surface area contributed by atoms with Gasteiger partial charge in [0.15, 0.2) is 0 Å². The molecule has 1 aromatic rings. The molecule has 1 unspecified atom stereocenters. The van der Waals surface area contributed by atoms with Gasteiger partial charge in [0, 0.05) is 18.7 Å². The molecule has 4 nitrogen and oxygen atoms in total. The summed E-state index contributed by atoms with van der Waals surface area (Å²) in [4.78, 5) is 14.3. The summed E-state index contributed by atoms with van der Waals surface area (Å²) in [5.41, 5.74) is 6.84. The topological polar surface area (TPSA) is 58.4 Å². The molecule has 1 saturated heterocycles. The lowest BCUT2D eigenvalue weighted by atomic mass is 10.2. The van der Waals surface area contributed by atoms with E-state index in [1.165, 1.54) is 6.42 Å². The van der Waals surface area contributed by atoms with Crippen LogP contribution in [0.15, 0.2) is 18.2 Å². The van der Waals surface area contributed by atoms with Crippen molar-refractivity contribution in [3.05, 3.63) is 23.2 Å². The first-order chi connectivity index (χ1) is 9.54. The summed E-state index contributed by atoms with van der Waals surface area (Å²) in [7, 11) is 0. The van der Waals surface area contributed by atoms with Crippen LogP contribution in [-0.2, 0) is 4.79 Å². The predicted octanol–water partition coefficient (Wildman–Crippen LogP) is 2.98. The Morgan fingerprint density at radius 3 is 3.00 bits per heavy atom. The Morgan fingerprint density at radius 1 is 1.55 bits per heavy atom. The van der Waals surface area contributed by atoms with Gasteiger partial charge in [-0.1, -0.05) is 18.5 Å². The number of benzene rings is 1. The minimum atomic E-state index is 0.00363. The molecule has 5 heteroatoms. The number of anilines is 2. The van der Waals surface area contributed by atoms with Gasteiger partial charge in [-0.05, 0) is 50.0 Å². The number of nitrogens with two attached hydrogens (primary N) is 1. The second kappa shape index (κ2) is 6.95. The van der Waals surface area contributed by atoms with Crippen LogP contribution >= 0.6 is 11.6 Å². The molecule has 0 aliphatic carbocycles. The monoisotopic (exact) mass is 295 g/mol. The quantitative estimate of drug-likeness (QED) is 0.821. The maximum absolute atomic E-state index is 11.9. The van der Waals surface area contributed by atoms with Crippen molar-refractivity contribution in [2.75, 3.05) is 30.7 Å². The lowest BCUT2D eigenvalue weighted by molar-refractivity contribution is -0.116. The number of hydrogen-bond donors (Lipinski definition) is 2. The van der Waals surface area contributed by atoms with E-state index in [9.17, 15) is 4.79 Å². The third-order valence-corrected chi connectivity index (χ3v) is 3.97. The highest BCUT2D eigenvalue weighted by atomic mass is 35.5. The molecule has 110 valence electrons. The van der Waals surface area contributed by atoms with E-state index in [0.29, 0.717) is 22.8 Å². The highest BCUT2D eigenvalue weighted by Gasteiger charge is 2.18. The number of nitrogens with zero attached hydrogens (tertiary/aromatic N) is 1. The van der Waals surface area contributed by atoms with Crippen molar-refractivity contribution in [3.8, 4) is 0 Å². The largest absolute Gasteiger partial charge is 0.399 e. The number of rotatable bonds is 5. The molecule has 0 spiro atoms. The van der Waals surface area contributed by atoms with Crippen LogP contribution in [0.3, 0.4) is 0 Å². The van der Waals surface area contributed by atoms with E-state index in [1.807, 2.05) is 0 Å². The highest BCUT2D eigenvalue weighted by molar-refractivity contribution is 6.34. The molecular weight excluding hydrogens is 274 g/mol. The van der Waals surface area contributed by atoms with Crippen LogP contribution in [-0.4, -0.2) is 30.4 Å². The summed E-state index contributed by atoms with van der Waals surface area (Å²) in [5, 5.41) is 3.31. The molecule has 1 aromatic carbocycles. The van der Waals surface area contributed by atoms with E-state index >= 15 is 0 Å². The van der Waals surface area contributed by atoms with Gasteiger partial charge in [-0.2, -0.15) is 0 Å². The van der Waals surface area contributed by atoms with Crippen LogP contribution in [0.5, 0.6) is 0 Å². The summed E-state index contributed by atoms with van der Waals surface area (Å²) >= 11 is 6.02. The Morgan fingerprint density at radius 2 is 2.35 bits per heavy atom. The predicted molar refractivity (Wildman–Crippen MR) is 83.9 cm³/mol. The van der Waals surface area contributed by atoms with E-state index in [2.05, 4.69) is 17.1 Å². The lowest BCUT2D eigenvalue weighted by Gasteiger charge is -2.14. The van der Waals surface area contributed by atoms with Crippen LogP contribution in [0.4, 0.5) is 11.4 Å². The van der Waals surface area contributed by atoms with Crippen LogP contribution in [0.2, 0.25) is 5.02 Å². The average Bonchev–Trinajstić information content (AvgIpc) is 2.79. The van der Waals surface area contributed by atoms with Crippen LogP contribution < -0.4 is 11.1 Å². The lowest BCUT2D eigenvalue weighted by Crippen LogP contribution is -2.23. The first kappa shape index (κ1) is 15.1. The standard InChI is InChI=1S/C15H22ClN3O/c1-11-6-8-19(10-11)7-2-3-15(20)18-14-5-4-12(17)9-13(14)16/h4-5,9,11H,2-3,6-8,10,17H2,1H3,(H,18,20). The van der Waals surface area contributed by atoms with Gasteiger partial charge in [0.05, 0.1) is 10.7 Å². The molecule has 1 aliphatic heterocycles. The number of nitrogens with one attached hydrogen (secondary N) is 1. The summed E-state index contributed by atoms with van der Waals surface area (Å²) in [6, 6.07) is 5.10. The molecule has 20 heavy (non-hydrogen) atoms. The smallest absolute Gasteiger partial charge is 0.224 e. The number of likely N-dealkylation sites (tertiary alicyclic amines) is 1. The zero-order valence-corrected chi connectivity index (χ0v) is 12.6. The maximum atomic E-state index is 11.9. The molecule has 0 bridgehead atoms. The molecule has 1 aliphatic rings. The Balaban J connectivity index is 1.72. The Kier molecular flexibility index (Phi) is 5.26. The number of amides is 1. The fourth-order valence-electron chi connectivity index (χ4n) is 2.54. The molecule has 1 heterocycles. The third kappa shape index (κ3) is 4.39. The van der Waals surface area contributed by atoms with Crippen molar-refractivity contribution < 1.29 is 4.79 Å². The molecule has 0 aromatic heterocycles. The summed E-state index contributed by atoms with van der Waals surface area (Å²) in [5.74, 6) is 0.793. The van der Waals surface area contributed by atoms with Gasteiger partial charge >= 0.3 is 0 Å². The van der Waals surface area contributed by atoms with Gasteiger partial charge in [0.2, 0.25) is 5.91 Å². The van der Waals surface area contributed by atoms with Crippen molar-refractivity contribution in [2.24, 2.45) is 5.92 Å². The Bertz CT molecular complexity index is 478. The van der Waals surface area contributed by atoms with Crippen molar-refractivity contribution in [1.29, 1.82) is 0 Å². The van der Waals surface area contributed by atoms with Crippen molar-refractivity contribution >= 4 is 28.9 Å². The number of hydrogen-bond acceptors (Lipinski definition) is 3. The zero-order chi connectivity index (χ0) is 14.5. The van der Waals surface area contributed by atoms with Gasteiger partial charge in [-0.3, -0.25) is 4.79 Å². The van der Waals surface area contributed by atoms with Crippen LogP contribution in [0.25, 0.3) is 0 Å². The minimum absolute atomic E-state index is 0.00363. The highest BCUT2D eigenvalue weighted by Crippen LogP contribution is 2.24. The number of carbonyl (C=O) groups is 1. The van der Waals surface area contributed by atoms with E-state index in [1.54, 1.807) is 18.2 Å². The second-order valence-electron chi connectivity index (χ2n) is 5.59. The number of carbonyl (C=O) groups excluding carboxylic acids is 1. The number of nitrogen functional groups attached to an aromatic ring is 1. The summed E-state index contributed by atoms with van der Waals surface area (Å²) in [6.07, 6.45) is 2.67. The zero-order valence-electron chi connectivity index (χ0n) is 11.9. The summed E-state index contributed by atoms with van der Waals surface area (Å²) < 4.78 is 0. The van der Waals surface area contributed by atoms with Gasteiger partial charge in [-0.15, -0.1) is 0 Å². The molecule has 0 radical (unpaired) electrons. The molecule has 0 saturated carbocycles. The molecular formula is C15H22ClN3O. The maximum Gasteiger partial charge on any atom is 0.224 e. The molecule has 1 atom stereocenters. The van der Waals surface area contributed by atoms with E-state index in [4.69, 9.17) is 17.3 Å². The first-order valence-electron chi connectivity index (χ1n) is 7.12. The Hall–Kier alpha value is -1.26. The fourth-order valence-corrected chi connectivity index (χ4v) is 2.77. The van der Waals surface area contributed by atoms with Crippen LogP contribution in [0.1, 0.15) is 26.2 Å². The van der Waals surface area contributed by atoms with Crippen LogP contribution in [0, 0.1) is 5.92 Å². The number of halogens is 1. The van der Waals surface area contributed by atoms with E-state index in [0.717, 1.165) is 32.0 Å². The molecule has 1 fully saturated rings. The minimum Gasteiger partial charge on any atom is -0.399 e. The van der Waals surface area contributed by atoms with E-state index in [-0.39, 0.29) is 5.91 Å². The molecule has 1 amide bonds. The molecule has 3 N–H and O–H groups in total. The van der Waals surface area contributed by atoms with Crippen molar-refractivity contribution in [2.45, 2.75) is 26.2 Å². The third-order valence-electron chi connectivity index (χ3n) is 3.65. The average molecular weight is 296 g/mol. The first-order valence-corrected chi connectivity index (χ1v) is 7.49. The van der Waals surface area contributed by atoms with E-state index < -0.39 is 0 Å². The Labute approximate surface area is 125 Å². The second-order valence-corrected chi connectivity index (χ2v) is 5.99. The normalized spacial score (nSPS) is 19.2. The van der Waals surface area contributed by atoms with Gasteiger partial charge in [-0.25, -0.2) is 0 Å². The van der Waals surface area contributed by atoms with Crippen molar-refractivity contribution in [3.63, 3.8) is 0 Å².